The standard InChI is InChI=1S/C12H18N2O2/c1-9(8-15)14-12(16)11-4-2-10(3-5-11)6-7-13/h2-5,9,15H,6-8,13H2,1H3,(H,14,16). The van der Waals surface area contributed by atoms with Crippen molar-refractivity contribution in [1.82, 2.24) is 5.32 Å². The van der Waals surface area contributed by atoms with Gasteiger partial charge in [-0.15, -0.1) is 0 Å². The maximum atomic E-state index is 11.6. The number of rotatable bonds is 5. The molecule has 1 aromatic carbocycles. The predicted octanol–water partition coefficient (Wildman–Crippen LogP) is 0.298. The van der Waals surface area contributed by atoms with E-state index in [1.807, 2.05) is 12.1 Å². The second-order valence-electron chi connectivity index (χ2n) is 3.79. The SMILES string of the molecule is CC(CO)NC(=O)c1ccc(CCN)cc1. The van der Waals surface area contributed by atoms with Crippen LogP contribution in [0.15, 0.2) is 24.3 Å². The Bertz CT molecular complexity index is 335. The summed E-state index contributed by atoms with van der Waals surface area (Å²) < 4.78 is 0. The highest BCUT2D eigenvalue weighted by molar-refractivity contribution is 5.94. The Kier molecular flexibility index (Phi) is 4.95. The zero-order valence-electron chi connectivity index (χ0n) is 9.44. The lowest BCUT2D eigenvalue weighted by molar-refractivity contribution is 0.0922. The fraction of sp³-hybridized carbons (Fsp3) is 0.417. The van der Waals surface area contributed by atoms with Gasteiger partial charge in [0.1, 0.15) is 0 Å². The van der Waals surface area contributed by atoms with Gasteiger partial charge in [-0.2, -0.15) is 0 Å². The van der Waals surface area contributed by atoms with Gasteiger partial charge < -0.3 is 16.2 Å². The van der Waals surface area contributed by atoms with E-state index < -0.39 is 0 Å². The molecule has 88 valence electrons. The normalized spacial score (nSPS) is 12.2. The summed E-state index contributed by atoms with van der Waals surface area (Å²) in [5, 5.41) is 11.5. The molecule has 0 aliphatic carbocycles. The van der Waals surface area contributed by atoms with Gasteiger partial charge in [-0.05, 0) is 37.6 Å². The molecule has 0 radical (unpaired) electrons. The van der Waals surface area contributed by atoms with Gasteiger partial charge in [-0.3, -0.25) is 4.79 Å². The topological polar surface area (TPSA) is 75.3 Å². The summed E-state index contributed by atoms with van der Waals surface area (Å²) in [5.74, 6) is -0.166. The fourth-order valence-corrected chi connectivity index (χ4v) is 1.34. The lowest BCUT2D eigenvalue weighted by atomic mass is 10.1. The summed E-state index contributed by atoms with van der Waals surface area (Å²) >= 11 is 0. The van der Waals surface area contributed by atoms with Crippen molar-refractivity contribution in [1.29, 1.82) is 0 Å². The van der Waals surface area contributed by atoms with Crippen molar-refractivity contribution in [3.05, 3.63) is 35.4 Å². The van der Waals surface area contributed by atoms with E-state index in [9.17, 15) is 4.79 Å². The highest BCUT2D eigenvalue weighted by Gasteiger charge is 2.08. The van der Waals surface area contributed by atoms with Gasteiger partial charge in [-0.1, -0.05) is 12.1 Å². The first-order chi connectivity index (χ1) is 7.67. The molecular weight excluding hydrogens is 204 g/mol. The van der Waals surface area contributed by atoms with E-state index in [2.05, 4.69) is 5.32 Å². The quantitative estimate of drug-likeness (QED) is 0.670. The summed E-state index contributed by atoms with van der Waals surface area (Å²) in [6, 6.07) is 7.10. The molecule has 0 fully saturated rings. The molecule has 0 bridgehead atoms. The van der Waals surface area contributed by atoms with Crippen LogP contribution in [0.25, 0.3) is 0 Å². The van der Waals surface area contributed by atoms with Crippen molar-refractivity contribution in [2.24, 2.45) is 5.73 Å². The number of nitrogens with two attached hydrogens (primary N) is 1. The highest BCUT2D eigenvalue weighted by atomic mass is 16.3. The molecule has 1 unspecified atom stereocenters. The number of hydrogen-bond donors (Lipinski definition) is 3. The van der Waals surface area contributed by atoms with E-state index in [1.54, 1.807) is 19.1 Å². The molecule has 0 spiro atoms. The number of hydrogen-bond acceptors (Lipinski definition) is 3. The van der Waals surface area contributed by atoms with Crippen molar-refractivity contribution in [3.8, 4) is 0 Å². The molecule has 0 aliphatic rings. The molecule has 0 aliphatic heterocycles. The monoisotopic (exact) mass is 222 g/mol. The minimum Gasteiger partial charge on any atom is -0.394 e. The second-order valence-corrected chi connectivity index (χ2v) is 3.79. The smallest absolute Gasteiger partial charge is 0.251 e. The molecule has 16 heavy (non-hydrogen) atoms. The van der Waals surface area contributed by atoms with Gasteiger partial charge in [0.05, 0.1) is 6.61 Å². The number of aliphatic hydroxyl groups is 1. The van der Waals surface area contributed by atoms with Gasteiger partial charge in [-0.25, -0.2) is 0 Å². The molecule has 0 saturated heterocycles. The Morgan fingerprint density at radius 1 is 1.44 bits per heavy atom. The highest BCUT2D eigenvalue weighted by Crippen LogP contribution is 2.05. The van der Waals surface area contributed by atoms with Gasteiger partial charge in [0, 0.05) is 11.6 Å². The van der Waals surface area contributed by atoms with Crippen LogP contribution in [0.5, 0.6) is 0 Å². The molecule has 1 amide bonds. The predicted molar refractivity (Wildman–Crippen MR) is 63.2 cm³/mol. The Hall–Kier alpha value is -1.39. The number of amides is 1. The largest absolute Gasteiger partial charge is 0.394 e. The third-order valence-electron chi connectivity index (χ3n) is 2.30. The molecule has 1 rings (SSSR count). The Morgan fingerprint density at radius 3 is 2.56 bits per heavy atom. The first-order valence-electron chi connectivity index (χ1n) is 5.38. The lowest BCUT2D eigenvalue weighted by Gasteiger charge is -2.10. The first kappa shape index (κ1) is 12.7. The summed E-state index contributed by atoms with van der Waals surface area (Å²) in [6.45, 7) is 2.30. The van der Waals surface area contributed by atoms with Crippen LogP contribution in [-0.4, -0.2) is 30.2 Å². The van der Waals surface area contributed by atoms with E-state index in [0.29, 0.717) is 12.1 Å². The van der Waals surface area contributed by atoms with Crippen molar-refractivity contribution in [3.63, 3.8) is 0 Å². The molecule has 1 atom stereocenters. The minimum absolute atomic E-state index is 0.0585. The molecular formula is C12H18N2O2. The molecule has 0 heterocycles. The van der Waals surface area contributed by atoms with Crippen molar-refractivity contribution in [2.75, 3.05) is 13.2 Å². The van der Waals surface area contributed by atoms with E-state index in [-0.39, 0.29) is 18.6 Å². The van der Waals surface area contributed by atoms with Gasteiger partial charge >= 0.3 is 0 Å². The van der Waals surface area contributed by atoms with Crippen LogP contribution >= 0.6 is 0 Å². The van der Waals surface area contributed by atoms with Crippen LogP contribution in [0.1, 0.15) is 22.8 Å². The van der Waals surface area contributed by atoms with Crippen LogP contribution in [0.4, 0.5) is 0 Å². The average molecular weight is 222 g/mol. The van der Waals surface area contributed by atoms with Crippen LogP contribution in [0.2, 0.25) is 0 Å². The maximum absolute atomic E-state index is 11.6. The minimum atomic E-state index is -0.226. The summed E-state index contributed by atoms with van der Waals surface area (Å²) in [6.07, 6.45) is 0.814. The Labute approximate surface area is 95.5 Å². The number of nitrogens with one attached hydrogen (secondary N) is 1. The fourth-order valence-electron chi connectivity index (χ4n) is 1.34. The van der Waals surface area contributed by atoms with Gasteiger partial charge in [0.25, 0.3) is 5.91 Å². The van der Waals surface area contributed by atoms with E-state index in [0.717, 1.165) is 12.0 Å². The van der Waals surface area contributed by atoms with Crippen LogP contribution < -0.4 is 11.1 Å². The van der Waals surface area contributed by atoms with E-state index >= 15 is 0 Å². The number of carbonyl (C=O) groups is 1. The van der Waals surface area contributed by atoms with Crippen molar-refractivity contribution < 1.29 is 9.90 Å². The molecule has 0 aromatic heterocycles. The lowest BCUT2D eigenvalue weighted by Crippen LogP contribution is -2.34. The van der Waals surface area contributed by atoms with E-state index in [4.69, 9.17) is 10.8 Å². The number of benzene rings is 1. The number of aliphatic hydroxyl groups excluding tert-OH is 1. The van der Waals surface area contributed by atoms with Crippen LogP contribution in [0.3, 0.4) is 0 Å². The zero-order chi connectivity index (χ0) is 12.0. The van der Waals surface area contributed by atoms with Crippen LogP contribution in [0, 0.1) is 0 Å². The zero-order valence-corrected chi connectivity index (χ0v) is 9.44. The maximum Gasteiger partial charge on any atom is 0.251 e. The average Bonchev–Trinajstić information content (AvgIpc) is 2.30. The summed E-state index contributed by atoms with van der Waals surface area (Å²) in [5.41, 5.74) is 7.15. The summed E-state index contributed by atoms with van der Waals surface area (Å²) in [4.78, 5) is 11.6. The number of carbonyl (C=O) groups excluding carboxylic acids is 1. The van der Waals surface area contributed by atoms with Crippen molar-refractivity contribution >= 4 is 5.91 Å². The Balaban J connectivity index is 2.63. The molecule has 1 aromatic rings. The Morgan fingerprint density at radius 2 is 2.06 bits per heavy atom. The molecule has 0 saturated carbocycles. The molecule has 4 N–H and O–H groups in total. The third-order valence-corrected chi connectivity index (χ3v) is 2.30. The summed E-state index contributed by atoms with van der Waals surface area (Å²) in [7, 11) is 0. The van der Waals surface area contributed by atoms with E-state index in [1.165, 1.54) is 0 Å². The molecule has 4 heteroatoms. The van der Waals surface area contributed by atoms with Gasteiger partial charge in [0.2, 0.25) is 0 Å². The molecule has 4 nitrogen and oxygen atoms in total. The first-order valence-corrected chi connectivity index (χ1v) is 5.38. The second kappa shape index (κ2) is 6.25. The van der Waals surface area contributed by atoms with Gasteiger partial charge in [0.15, 0.2) is 0 Å². The van der Waals surface area contributed by atoms with Crippen LogP contribution in [-0.2, 0) is 6.42 Å². The third kappa shape index (κ3) is 3.64. The van der Waals surface area contributed by atoms with Crippen molar-refractivity contribution in [2.45, 2.75) is 19.4 Å².